The number of rotatable bonds is 1. The van der Waals surface area contributed by atoms with Crippen LogP contribution in [0.15, 0.2) is 0 Å². The number of carbonyl (C=O) groups is 1. The zero-order valence-corrected chi connectivity index (χ0v) is 6.38. The average molecular weight is 209 g/mol. The Morgan fingerprint density at radius 2 is 1.83 bits per heavy atom. The molecule has 0 aromatic heterocycles. The van der Waals surface area contributed by atoms with Crippen LogP contribution in [0.25, 0.3) is 0 Å². The van der Waals surface area contributed by atoms with Gasteiger partial charge >= 0.3 is 11.9 Å². The Morgan fingerprint density at radius 1 is 1.42 bits per heavy atom. The van der Waals surface area contributed by atoms with E-state index in [2.05, 4.69) is 0 Å². The van der Waals surface area contributed by atoms with Crippen LogP contribution >= 0.6 is 12.4 Å². The highest BCUT2D eigenvalue weighted by Gasteiger charge is 2.75. The first-order chi connectivity index (χ1) is 4.82. The van der Waals surface area contributed by atoms with E-state index in [1.54, 1.807) is 0 Å². The van der Waals surface area contributed by atoms with Crippen molar-refractivity contribution in [3.63, 3.8) is 0 Å². The first kappa shape index (κ1) is 11.5. The zero-order chi connectivity index (χ0) is 8.86. The molecule has 2 unspecified atom stereocenters. The maximum Gasteiger partial charge on any atom is 0.348 e. The van der Waals surface area contributed by atoms with E-state index in [1.165, 1.54) is 0 Å². The Bertz CT molecular complexity index is 210. The van der Waals surface area contributed by atoms with E-state index in [1.807, 2.05) is 0 Å². The van der Waals surface area contributed by atoms with Crippen LogP contribution in [0.5, 0.6) is 0 Å². The van der Waals surface area contributed by atoms with E-state index < -0.39 is 30.2 Å². The molecule has 1 rings (SSSR count). The lowest BCUT2D eigenvalue weighted by Crippen LogP contribution is -2.67. The van der Waals surface area contributed by atoms with Gasteiger partial charge in [0.25, 0.3) is 5.67 Å². The van der Waals surface area contributed by atoms with Gasteiger partial charge in [-0.15, -0.1) is 12.4 Å². The number of carboxylic acids is 1. The second-order valence-corrected chi connectivity index (χ2v) is 2.40. The van der Waals surface area contributed by atoms with E-state index >= 15 is 0 Å². The predicted octanol–water partition coefficient (Wildman–Crippen LogP) is 1.58. The largest absolute Gasteiger partial charge is 0.479 e. The molecule has 1 N–H and O–H groups in total. The fourth-order valence-corrected chi connectivity index (χ4v) is 0.858. The highest BCUT2D eigenvalue weighted by Crippen LogP contribution is 2.51. The number of aliphatic carboxylic acids is 1. The van der Waals surface area contributed by atoms with Crippen LogP contribution in [0, 0.1) is 0 Å². The van der Waals surface area contributed by atoms with Crippen LogP contribution in [-0.4, -0.2) is 28.8 Å². The van der Waals surface area contributed by atoms with Gasteiger partial charge in [-0.2, -0.15) is 8.78 Å². The van der Waals surface area contributed by atoms with E-state index in [9.17, 15) is 22.4 Å². The Hall–Kier alpha value is -0.520. The lowest BCUT2D eigenvalue weighted by molar-refractivity contribution is -0.258. The Morgan fingerprint density at radius 3 is 1.92 bits per heavy atom. The third-order valence-electron chi connectivity index (χ3n) is 1.72. The van der Waals surface area contributed by atoms with Crippen LogP contribution in [0.1, 0.15) is 6.42 Å². The molecule has 12 heavy (non-hydrogen) atoms. The van der Waals surface area contributed by atoms with Gasteiger partial charge in [0.2, 0.25) is 0 Å². The van der Waals surface area contributed by atoms with Crippen molar-refractivity contribution in [1.29, 1.82) is 0 Å². The molecule has 0 aromatic rings. The molecule has 7 heteroatoms. The first-order valence-electron chi connectivity index (χ1n) is 2.76. The lowest BCUT2D eigenvalue weighted by Gasteiger charge is -2.41. The van der Waals surface area contributed by atoms with Crippen LogP contribution in [-0.2, 0) is 4.79 Å². The normalized spacial score (nSPS) is 37.8. The van der Waals surface area contributed by atoms with Crippen LogP contribution in [0.4, 0.5) is 17.6 Å². The summed E-state index contributed by atoms with van der Waals surface area (Å²) in [5.41, 5.74) is -3.70. The topological polar surface area (TPSA) is 37.3 Å². The molecule has 1 aliphatic carbocycles. The zero-order valence-electron chi connectivity index (χ0n) is 5.56. The molecule has 0 amide bonds. The van der Waals surface area contributed by atoms with Crippen molar-refractivity contribution in [3.8, 4) is 0 Å². The Kier molecular flexibility index (Phi) is 2.64. The van der Waals surface area contributed by atoms with Crippen molar-refractivity contribution < 1.29 is 27.5 Å². The molecule has 0 aromatic carbocycles. The third kappa shape index (κ3) is 1.05. The summed E-state index contributed by atoms with van der Waals surface area (Å²) >= 11 is 0. The molecule has 0 aliphatic heterocycles. The quantitative estimate of drug-likeness (QED) is 0.665. The van der Waals surface area contributed by atoms with Gasteiger partial charge in [0, 0.05) is 6.42 Å². The van der Waals surface area contributed by atoms with Crippen molar-refractivity contribution in [1.82, 2.24) is 0 Å². The molecule has 0 spiro atoms. The van der Waals surface area contributed by atoms with Crippen LogP contribution in [0.2, 0.25) is 0 Å². The van der Waals surface area contributed by atoms with Gasteiger partial charge in [0.05, 0.1) is 0 Å². The molecular weight excluding hydrogens is 203 g/mol. The van der Waals surface area contributed by atoms with Gasteiger partial charge in [-0.05, 0) is 0 Å². The predicted molar refractivity (Wildman–Crippen MR) is 33.2 cm³/mol. The summed E-state index contributed by atoms with van der Waals surface area (Å²) in [6, 6.07) is 0. The van der Waals surface area contributed by atoms with Gasteiger partial charge in [-0.1, -0.05) is 0 Å². The molecule has 0 bridgehead atoms. The van der Waals surface area contributed by atoms with Gasteiger partial charge in [0.1, 0.15) is 0 Å². The molecule has 1 saturated carbocycles. The highest BCUT2D eigenvalue weighted by atomic mass is 35.5. The standard InChI is InChI=1S/C5H4F4O2.ClH/c6-2-1-4(7,3(10)11)5(2,8)9;/h2H,1H2,(H,10,11);1H. The van der Waals surface area contributed by atoms with Gasteiger partial charge in [0.15, 0.2) is 6.17 Å². The number of hydrogen-bond acceptors (Lipinski definition) is 1. The minimum absolute atomic E-state index is 0. The minimum Gasteiger partial charge on any atom is -0.479 e. The summed E-state index contributed by atoms with van der Waals surface area (Å²) in [4.78, 5) is 9.84. The summed E-state index contributed by atoms with van der Waals surface area (Å²) in [5.74, 6) is -6.69. The van der Waals surface area contributed by atoms with Crippen molar-refractivity contribution >= 4 is 18.4 Å². The van der Waals surface area contributed by atoms with Crippen LogP contribution < -0.4 is 0 Å². The SMILES string of the molecule is Cl.O=C(O)C1(F)CC(F)C1(F)F. The van der Waals surface area contributed by atoms with Gasteiger partial charge in [-0.3, -0.25) is 0 Å². The van der Waals surface area contributed by atoms with Gasteiger partial charge in [-0.25, -0.2) is 13.6 Å². The van der Waals surface area contributed by atoms with Crippen molar-refractivity contribution in [2.45, 2.75) is 24.2 Å². The van der Waals surface area contributed by atoms with E-state index in [-0.39, 0.29) is 12.4 Å². The smallest absolute Gasteiger partial charge is 0.348 e. The van der Waals surface area contributed by atoms with E-state index in [0.717, 1.165) is 0 Å². The summed E-state index contributed by atoms with van der Waals surface area (Å²) in [6.07, 6.45) is -3.95. The molecule has 0 heterocycles. The highest BCUT2D eigenvalue weighted by molar-refractivity contribution is 5.85. The number of carboxylic acid groups (broad SMARTS) is 1. The van der Waals surface area contributed by atoms with E-state index in [0.29, 0.717) is 0 Å². The molecule has 0 saturated heterocycles. The van der Waals surface area contributed by atoms with Crippen molar-refractivity contribution in [3.05, 3.63) is 0 Å². The van der Waals surface area contributed by atoms with Crippen molar-refractivity contribution in [2.75, 3.05) is 0 Å². The second-order valence-electron chi connectivity index (χ2n) is 2.40. The fourth-order valence-electron chi connectivity index (χ4n) is 0.858. The summed E-state index contributed by atoms with van der Waals surface area (Å²) in [5, 5.41) is 7.92. The minimum atomic E-state index is -4.38. The van der Waals surface area contributed by atoms with E-state index in [4.69, 9.17) is 5.11 Å². The number of alkyl halides is 4. The molecule has 72 valence electrons. The number of hydrogen-bond donors (Lipinski definition) is 1. The van der Waals surface area contributed by atoms with Crippen molar-refractivity contribution in [2.24, 2.45) is 0 Å². The molecule has 2 atom stereocenters. The molecule has 2 nitrogen and oxygen atoms in total. The molecule has 1 aliphatic rings. The summed E-state index contributed by atoms with van der Waals surface area (Å²) in [7, 11) is 0. The summed E-state index contributed by atoms with van der Waals surface area (Å²) in [6.45, 7) is 0. The third-order valence-corrected chi connectivity index (χ3v) is 1.72. The second kappa shape index (κ2) is 2.76. The maximum absolute atomic E-state index is 12.5. The summed E-state index contributed by atoms with van der Waals surface area (Å²) < 4.78 is 48.6. The molecular formula is C5H5ClF4O2. The molecule has 0 radical (unpaired) electrons. The monoisotopic (exact) mass is 208 g/mol. The first-order valence-corrected chi connectivity index (χ1v) is 2.76. The number of halogens is 5. The maximum atomic E-state index is 12.5. The lowest BCUT2D eigenvalue weighted by atomic mass is 9.76. The van der Waals surface area contributed by atoms with Crippen LogP contribution in [0.3, 0.4) is 0 Å². The van der Waals surface area contributed by atoms with Gasteiger partial charge < -0.3 is 5.11 Å². The molecule has 1 fully saturated rings. The Labute approximate surface area is 71.0 Å². The Balaban J connectivity index is 0.00000121. The average Bonchev–Trinajstić information content (AvgIpc) is 1.87. The fraction of sp³-hybridized carbons (Fsp3) is 0.800.